The third kappa shape index (κ3) is 8.46. The number of H-pyrrole nitrogens is 1. The molecule has 7 aromatic rings. The molecule has 1 fully saturated rings. The summed E-state index contributed by atoms with van der Waals surface area (Å²) in [6.45, 7) is 16.8. The van der Waals surface area contributed by atoms with Gasteiger partial charge in [-0.05, 0) is 62.4 Å². The van der Waals surface area contributed by atoms with Crippen LogP contribution in [0.15, 0.2) is 157 Å². The first kappa shape index (κ1) is 47.4. The zero-order chi connectivity index (χ0) is 47.8. The van der Waals surface area contributed by atoms with Gasteiger partial charge in [0, 0.05) is 0 Å². The Morgan fingerprint density at radius 1 is 0.791 bits per heavy atom. The van der Waals surface area contributed by atoms with Crippen molar-refractivity contribution in [3.8, 4) is 18.1 Å². The first-order valence-electron chi connectivity index (χ1n) is 22.6. The molecule has 2 N–H and O–H groups in total. The standard InChI is InChI=1S/C54H60FN5O5Si2/c1-11-53(36-63-67(52(5,6)7,42-28-20-14-21-29-42)43-30-22-15-23-31-43)46(65-66(9,10)51(2,3)4)44(55)49(64-53)60-37-56-45-47(60)57-50(58-48(45)61)59-54(38-24-16-12-17-25-38,39-26-18-13-19-27-39)40-32-34-41(62-8)35-33-40/h1,12-35,37,44,46,49H,36H2,2-10H3,(H2,57,58,59,61)/t44-,46+,49-,53-/m1/s1. The highest BCUT2D eigenvalue weighted by molar-refractivity contribution is 6.99. The Hall–Kier alpha value is -6.15. The number of nitrogens with zero attached hydrogens (tertiary/aromatic N) is 3. The summed E-state index contributed by atoms with van der Waals surface area (Å²) in [4.78, 5) is 26.7. The van der Waals surface area contributed by atoms with Crippen molar-refractivity contribution in [3.63, 3.8) is 0 Å². The van der Waals surface area contributed by atoms with E-state index in [1.54, 1.807) is 7.11 Å². The number of nitrogens with one attached hydrogen (secondary N) is 2. The van der Waals surface area contributed by atoms with Crippen molar-refractivity contribution in [2.75, 3.05) is 19.0 Å². The second kappa shape index (κ2) is 18.2. The lowest BCUT2D eigenvalue weighted by molar-refractivity contribution is -0.0845. The fraction of sp³-hybridized carbons (Fsp3) is 0.315. The van der Waals surface area contributed by atoms with Crippen molar-refractivity contribution in [2.24, 2.45) is 0 Å². The fourth-order valence-electron chi connectivity index (χ4n) is 9.15. The molecule has 0 unspecified atom stereocenters. The summed E-state index contributed by atoms with van der Waals surface area (Å²) in [5.41, 5.74) is -0.668. The van der Waals surface area contributed by atoms with E-state index in [0.29, 0.717) is 5.75 Å². The van der Waals surface area contributed by atoms with Crippen LogP contribution >= 0.6 is 0 Å². The van der Waals surface area contributed by atoms with Crippen LogP contribution in [0.25, 0.3) is 11.2 Å². The maximum atomic E-state index is 18.1. The number of methoxy groups -OCH3 is 1. The van der Waals surface area contributed by atoms with Gasteiger partial charge in [-0.3, -0.25) is 14.3 Å². The van der Waals surface area contributed by atoms with E-state index in [4.69, 9.17) is 29.7 Å². The normalized spacial score (nSPS) is 19.3. The highest BCUT2D eigenvalue weighted by Crippen LogP contribution is 2.48. The fourth-order valence-corrected chi connectivity index (χ4v) is 15.0. The van der Waals surface area contributed by atoms with Gasteiger partial charge in [-0.1, -0.05) is 181 Å². The summed E-state index contributed by atoms with van der Waals surface area (Å²) in [5, 5.41) is 5.00. The van der Waals surface area contributed by atoms with E-state index < -0.39 is 56.9 Å². The summed E-state index contributed by atoms with van der Waals surface area (Å²) in [5.74, 6) is 3.70. The number of aromatic nitrogens is 4. The quantitative estimate of drug-likeness (QED) is 0.0631. The van der Waals surface area contributed by atoms with Crippen LogP contribution in [0.5, 0.6) is 5.75 Å². The number of hydrogen-bond donors (Lipinski definition) is 2. The molecule has 67 heavy (non-hydrogen) atoms. The van der Waals surface area contributed by atoms with Crippen LogP contribution in [-0.2, 0) is 19.1 Å². The van der Waals surface area contributed by atoms with Gasteiger partial charge in [0.15, 0.2) is 37.5 Å². The van der Waals surface area contributed by atoms with E-state index in [1.165, 1.54) is 10.9 Å². The topological polar surface area (TPSA) is 113 Å². The van der Waals surface area contributed by atoms with Crippen molar-refractivity contribution < 1.29 is 22.7 Å². The van der Waals surface area contributed by atoms with Gasteiger partial charge in [0.1, 0.15) is 17.4 Å². The molecule has 13 heteroatoms. The van der Waals surface area contributed by atoms with Gasteiger partial charge in [0.05, 0.1) is 20.0 Å². The lowest BCUT2D eigenvalue weighted by atomic mass is 9.77. The van der Waals surface area contributed by atoms with Gasteiger partial charge in [-0.15, -0.1) is 6.42 Å². The second-order valence-corrected chi connectivity index (χ2v) is 28.9. The smallest absolute Gasteiger partial charge is 0.280 e. The number of benzene rings is 5. The van der Waals surface area contributed by atoms with Gasteiger partial charge >= 0.3 is 0 Å². The molecule has 1 aliphatic heterocycles. The lowest BCUT2D eigenvalue weighted by Gasteiger charge is -2.46. The Morgan fingerprint density at radius 2 is 1.30 bits per heavy atom. The Labute approximate surface area is 395 Å². The number of fused-ring (bicyclic) bond motifs is 1. The van der Waals surface area contributed by atoms with Crippen LogP contribution in [-0.4, -0.2) is 67.7 Å². The number of ether oxygens (including phenoxy) is 2. The van der Waals surface area contributed by atoms with E-state index in [-0.39, 0.29) is 28.8 Å². The third-order valence-corrected chi connectivity index (χ3v) is 23.1. The maximum absolute atomic E-state index is 18.1. The third-order valence-electron chi connectivity index (χ3n) is 13.7. The highest BCUT2D eigenvalue weighted by Gasteiger charge is 2.61. The van der Waals surface area contributed by atoms with Crippen molar-refractivity contribution >= 4 is 44.1 Å². The molecular weight excluding hydrogens is 874 g/mol. The van der Waals surface area contributed by atoms with Crippen LogP contribution in [0.1, 0.15) is 64.5 Å². The molecule has 0 saturated carbocycles. The average molecular weight is 934 g/mol. The minimum atomic E-state index is -3.22. The number of aromatic amines is 1. The molecule has 10 nitrogen and oxygen atoms in total. The molecule has 1 saturated heterocycles. The van der Waals surface area contributed by atoms with Crippen LogP contribution < -0.4 is 26.0 Å². The first-order chi connectivity index (χ1) is 31.9. The van der Waals surface area contributed by atoms with Crippen LogP contribution in [0.2, 0.25) is 23.2 Å². The predicted molar refractivity (Wildman–Crippen MR) is 270 cm³/mol. The van der Waals surface area contributed by atoms with Crippen LogP contribution in [0.4, 0.5) is 10.3 Å². The first-order valence-corrected chi connectivity index (χ1v) is 27.5. The SMILES string of the molecule is C#C[C@]1(CO[Si](c2ccccc2)(c2ccccc2)C(C)(C)C)O[C@@H](n2cnc3c(=O)[nH]c(NC(c4ccccc4)(c4ccccc4)c4ccc(OC)cc4)nc32)[C@H](F)[C@@H]1O[Si](C)(C)C(C)(C)C. The molecule has 1 aliphatic rings. The van der Waals surface area contributed by atoms with Gasteiger partial charge in [0.25, 0.3) is 13.9 Å². The maximum Gasteiger partial charge on any atom is 0.280 e. The zero-order valence-corrected chi connectivity index (χ0v) is 41.7. The van der Waals surface area contributed by atoms with Crippen molar-refractivity contribution in [2.45, 2.75) is 94.4 Å². The van der Waals surface area contributed by atoms with Gasteiger partial charge in [-0.2, -0.15) is 4.98 Å². The molecule has 0 amide bonds. The van der Waals surface area contributed by atoms with Gasteiger partial charge < -0.3 is 23.6 Å². The Balaban J connectivity index is 1.27. The highest BCUT2D eigenvalue weighted by atomic mass is 28.4. The number of terminal acetylenes is 1. The Morgan fingerprint density at radius 3 is 1.78 bits per heavy atom. The summed E-state index contributed by atoms with van der Waals surface area (Å²) in [6.07, 6.45) is 3.49. The van der Waals surface area contributed by atoms with Crippen molar-refractivity contribution in [3.05, 3.63) is 179 Å². The molecule has 346 valence electrons. The monoisotopic (exact) mass is 933 g/mol. The molecule has 0 spiro atoms. The van der Waals surface area contributed by atoms with Crippen molar-refractivity contribution in [1.82, 2.24) is 19.5 Å². The molecule has 8 rings (SSSR count). The van der Waals surface area contributed by atoms with Crippen molar-refractivity contribution in [1.29, 1.82) is 0 Å². The number of halogens is 1. The lowest BCUT2D eigenvalue weighted by Crippen LogP contribution is -2.68. The Bertz CT molecular complexity index is 2820. The summed E-state index contributed by atoms with van der Waals surface area (Å²) >= 11 is 0. The van der Waals surface area contributed by atoms with E-state index >= 15 is 4.39 Å². The van der Waals surface area contributed by atoms with E-state index in [1.807, 2.05) is 121 Å². The molecule has 2 aromatic heterocycles. The minimum Gasteiger partial charge on any atom is -0.497 e. The summed E-state index contributed by atoms with van der Waals surface area (Å²) in [6, 6.07) is 47.9. The van der Waals surface area contributed by atoms with E-state index in [9.17, 15) is 4.79 Å². The number of rotatable bonds is 14. The summed E-state index contributed by atoms with van der Waals surface area (Å²) < 4.78 is 46.5. The Kier molecular flexibility index (Phi) is 12.8. The number of imidazole rings is 1. The second-order valence-electron chi connectivity index (χ2n) is 19.8. The molecule has 0 radical (unpaired) electrons. The molecule has 0 aliphatic carbocycles. The molecule has 4 atom stereocenters. The van der Waals surface area contributed by atoms with Crippen LogP contribution in [0.3, 0.4) is 0 Å². The molecule has 3 heterocycles. The van der Waals surface area contributed by atoms with Crippen LogP contribution in [0, 0.1) is 12.3 Å². The van der Waals surface area contributed by atoms with E-state index in [0.717, 1.165) is 27.1 Å². The number of alkyl halides is 1. The number of anilines is 1. The minimum absolute atomic E-state index is 0.000505. The largest absolute Gasteiger partial charge is 0.497 e. The van der Waals surface area contributed by atoms with E-state index in [2.05, 4.69) is 100 Å². The summed E-state index contributed by atoms with van der Waals surface area (Å²) in [7, 11) is -4.34. The predicted octanol–water partition coefficient (Wildman–Crippen LogP) is 9.74. The average Bonchev–Trinajstić information content (AvgIpc) is 3.87. The molecule has 0 bridgehead atoms. The number of hydrogen-bond acceptors (Lipinski definition) is 8. The molecule has 5 aromatic carbocycles. The zero-order valence-electron chi connectivity index (χ0n) is 39.7. The molecular formula is C54H60FN5O5Si2. The van der Waals surface area contributed by atoms with Gasteiger partial charge in [-0.25, -0.2) is 9.37 Å². The van der Waals surface area contributed by atoms with Gasteiger partial charge in [0.2, 0.25) is 5.95 Å².